The van der Waals surface area contributed by atoms with Crippen molar-refractivity contribution in [3.05, 3.63) is 33.6 Å². The molecule has 0 spiro atoms. The third kappa shape index (κ3) is 5.17. The van der Waals surface area contributed by atoms with Gasteiger partial charge < -0.3 is 13.9 Å². The molecule has 10 heteroatoms. The van der Waals surface area contributed by atoms with Crippen LogP contribution in [0.5, 0.6) is 11.8 Å². The van der Waals surface area contributed by atoms with Crippen molar-refractivity contribution in [1.29, 1.82) is 0 Å². The molecule has 0 amide bonds. The maximum Gasteiger partial charge on any atom is 0.353 e. The summed E-state index contributed by atoms with van der Waals surface area (Å²) in [7, 11) is -0.333. The van der Waals surface area contributed by atoms with Gasteiger partial charge in [0.2, 0.25) is 5.88 Å². The largest absolute Gasteiger partial charge is 0.479 e. The van der Waals surface area contributed by atoms with Gasteiger partial charge >= 0.3 is 11.6 Å². The first kappa shape index (κ1) is 23.8. The second-order valence-corrected chi connectivity index (χ2v) is 13.5. The van der Waals surface area contributed by atoms with E-state index in [1.54, 1.807) is 19.1 Å². The number of nitro groups is 1. The van der Waals surface area contributed by atoms with Gasteiger partial charge in [-0.1, -0.05) is 20.8 Å². The van der Waals surface area contributed by atoms with Crippen LogP contribution in [0.3, 0.4) is 0 Å². The molecule has 0 fully saturated rings. The van der Waals surface area contributed by atoms with Crippen LogP contribution in [0.1, 0.15) is 38.6 Å². The van der Waals surface area contributed by atoms with Crippen molar-refractivity contribution in [3.8, 4) is 17.4 Å². The quantitative estimate of drug-likeness (QED) is 0.245. The Kier molecular flexibility index (Phi) is 7.25. The Bertz CT molecular complexity index is 905. The van der Waals surface area contributed by atoms with Gasteiger partial charge in [-0.2, -0.15) is 0 Å². The van der Waals surface area contributed by atoms with E-state index in [4.69, 9.17) is 13.9 Å². The summed E-state index contributed by atoms with van der Waals surface area (Å²) < 4.78 is 18.6. The molecule has 9 nitrogen and oxygen atoms in total. The normalized spacial score (nSPS) is 12.1. The molecule has 2 aromatic rings. The topological polar surface area (TPSA) is 102 Å². The van der Waals surface area contributed by atoms with Crippen LogP contribution in [-0.4, -0.2) is 48.3 Å². The first-order chi connectivity index (χ1) is 13.9. The van der Waals surface area contributed by atoms with Crippen LogP contribution in [0.4, 0.5) is 5.69 Å². The maximum atomic E-state index is 11.6. The number of hydrogen-bond donors (Lipinski definition) is 0. The number of aromatic nitrogens is 3. The van der Waals surface area contributed by atoms with Crippen LogP contribution in [0.15, 0.2) is 12.1 Å². The molecule has 0 aliphatic rings. The first-order valence-corrected chi connectivity index (χ1v) is 12.8. The number of pyridine rings is 1. The van der Waals surface area contributed by atoms with E-state index in [2.05, 4.69) is 43.9 Å². The fraction of sp³-hybridized carbons (Fsp3) is 0.600. The predicted molar refractivity (Wildman–Crippen MR) is 117 cm³/mol. The van der Waals surface area contributed by atoms with Gasteiger partial charge in [-0.15, -0.1) is 5.10 Å². The highest BCUT2D eigenvalue weighted by Gasteiger charge is 2.37. The van der Waals surface area contributed by atoms with Gasteiger partial charge in [-0.25, -0.2) is 9.67 Å². The molecular weight excluding hydrogens is 404 g/mol. The summed E-state index contributed by atoms with van der Waals surface area (Å²) >= 11 is 0. The molecule has 30 heavy (non-hydrogen) atoms. The van der Waals surface area contributed by atoms with Crippen molar-refractivity contribution in [1.82, 2.24) is 14.8 Å². The molecule has 0 aliphatic carbocycles. The molecular formula is C20H32N4O5Si. The van der Waals surface area contributed by atoms with Crippen LogP contribution >= 0.6 is 0 Å². The molecule has 0 aromatic carbocycles. The van der Waals surface area contributed by atoms with Crippen LogP contribution in [-0.2, 0) is 4.43 Å². The highest BCUT2D eigenvalue weighted by molar-refractivity contribution is 6.74. The number of methoxy groups -OCH3 is 1. The monoisotopic (exact) mass is 436 g/mol. The molecule has 0 saturated heterocycles. The maximum absolute atomic E-state index is 11.6. The minimum atomic E-state index is -1.83. The summed E-state index contributed by atoms with van der Waals surface area (Å²) in [5.41, 5.74) is 1.47. The van der Waals surface area contributed by atoms with Crippen LogP contribution in [0, 0.1) is 24.0 Å². The van der Waals surface area contributed by atoms with Crippen molar-refractivity contribution in [2.24, 2.45) is 0 Å². The van der Waals surface area contributed by atoms with Gasteiger partial charge in [0.1, 0.15) is 11.4 Å². The molecule has 0 bridgehead atoms. The Morgan fingerprint density at radius 3 is 2.40 bits per heavy atom. The summed E-state index contributed by atoms with van der Waals surface area (Å²) in [5.74, 6) is 0.317. The second-order valence-electron chi connectivity index (χ2n) is 8.70. The number of nitrogens with zero attached hydrogens (tertiary/aromatic N) is 4. The van der Waals surface area contributed by atoms with Crippen molar-refractivity contribution < 1.29 is 18.8 Å². The molecule has 0 unspecified atom stereocenters. The lowest BCUT2D eigenvalue weighted by molar-refractivity contribution is -0.386. The van der Waals surface area contributed by atoms with E-state index in [1.165, 1.54) is 11.8 Å². The van der Waals surface area contributed by atoms with Crippen molar-refractivity contribution in [3.63, 3.8) is 0 Å². The second kappa shape index (κ2) is 9.13. The van der Waals surface area contributed by atoms with E-state index in [1.807, 2.05) is 6.92 Å². The zero-order chi connectivity index (χ0) is 22.7. The predicted octanol–water partition coefficient (Wildman–Crippen LogP) is 4.59. The standard InChI is InChI=1S/C20H32N4O5Si/c1-14-10-11-16(18(21-14)27-6)23-15(2)17(24(25)26)19(22-23)28-12-9-13-29-30(7,8)20(3,4)5/h10-11H,9,12-13H2,1-8H3. The third-order valence-corrected chi connectivity index (χ3v) is 9.97. The van der Waals surface area contributed by atoms with Gasteiger partial charge in [-0.3, -0.25) is 10.1 Å². The van der Waals surface area contributed by atoms with E-state index in [9.17, 15) is 10.1 Å². The van der Waals surface area contributed by atoms with Gasteiger partial charge in [0.15, 0.2) is 8.32 Å². The van der Waals surface area contributed by atoms with Crippen LogP contribution in [0.2, 0.25) is 18.1 Å². The molecule has 0 atom stereocenters. The molecule has 0 aliphatic heterocycles. The lowest BCUT2D eigenvalue weighted by Crippen LogP contribution is -2.41. The third-order valence-electron chi connectivity index (χ3n) is 5.43. The minimum Gasteiger partial charge on any atom is -0.479 e. The minimum absolute atomic E-state index is 0.0209. The highest BCUT2D eigenvalue weighted by Crippen LogP contribution is 2.37. The van der Waals surface area contributed by atoms with Gasteiger partial charge in [-0.05, 0) is 44.1 Å². The van der Waals surface area contributed by atoms with Crippen molar-refractivity contribution >= 4 is 14.0 Å². The number of rotatable bonds is 9. The smallest absolute Gasteiger partial charge is 0.353 e. The molecule has 2 rings (SSSR count). The van der Waals surface area contributed by atoms with E-state index in [0.717, 1.165) is 5.69 Å². The SMILES string of the molecule is COc1nc(C)ccc1-n1nc(OCCCO[Si](C)(C)C(C)(C)C)c([N+](=O)[O-])c1C. The Labute approximate surface area is 178 Å². The molecule has 2 aromatic heterocycles. The number of aryl methyl sites for hydroxylation is 1. The van der Waals surface area contributed by atoms with Crippen LogP contribution < -0.4 is 9.47 Å². The van der Waals surface area contributed by atoms with E-state index in [-0.39, 0.29) is 23.2 Å². The lowest BCUT2D eigenvalue weighted by atomic mass is 10.2. The summed E-state index contributed by atoms with van der Waals surface area (Å²) in [6, 6.07) is 3.56. The Morgan fingerprint density at radius 1 is 1.17 bits per heavy atom. The van der Waals surface area contributed by atoms with E-state index in [0.29, 0.717) is 30.3 Å². The fourth-order valence-corrected chi connectivity index (χ4v) is 3.71. The molecule has 166 valence electrons. The van der Waals surface area contributed by atoms with Crippen molar-refractivity contribution in [2.45, 2.75) is 59.2 Å². The average Bonchev–Trinajstić information content (AvgIpc) is 2.96. The molecule has 0 radical (unpaired) electrons. The summed E-state index contributed by atoms with van der Waals surface area (Å²) in [6.07, 6.45) is 0.616. The Hall–Kier alpha value is -2.46. The zero-order valence-electron chi connectivity index (χ0n) is 19.1. The lowest BCUT2D eigenvalue weighted by Gasteiger charge is -2.36. The van der Waals surface area contributed by atoms with Gasteiger partial charge in [0.25, 0.3) is 0 Å². The Morgan fingerprint density at radius 2 is 1.83 bits per heavy atom. The summed E-state index contributed by atoms with van der Waals surface area (Å²) in [4.78, 5) is 15.5. The molecule has 0 saturated carbocycles. The zero-order valence-corrected chi connectivity index (χ0v) is 20.1. The summed E-state index contributed by atoms with van der Waals surface area (Å²) in [6.45, 7) is 15.2. The van der Waals surface area contributed by atoms with Crippen LogP contribution in [0.25, 0.3) is 5.69 Å². The van der Waals surface area contributed by atoms with E-state index >= 15 is 0 Å². The fourth-order valence-electron chi connectivity index (χ4n) is 2.62. The average molecular weight is 437 g/mol. The van der Waals surface area contributed by atoms with Crippen molar-refractivity contribution in [2.75, 3.05) is 20.3 Å². The first-order valence-electron chi connectivity index (χ1n) is 9.92. The number of ether oxygens (including phenoxy) is 2. The highest BCUT2D eigenvalue weighted by atomic mass is 28.4. The number of hydrogen-bond acceptors (Lipinski definition) is 7. The van der Waals surface area contributed by atoms with Gasteiger partial charge in [0, 0.05) is 18.7 Å². The summed E-state index contributed by atoms with van der Waals surface area (Å²) in [5, 5.41) is 16.1. The van der Waals surface area contributed by atoms with Gasteiger partial charge in [0.05, 0.1) is 18.6 Å². The Balaban J connectivity index is 2.16. The van der Waals surface area contributed by atoms with E-state index < -0.39 is 13.2 Å². The molecule has 2 heterocycles. The molecule has 0 N–H and O–H groups in total.